The van der Waals surface area contributed by atoms with E-state index in [2.05, 4.69) is 20.2 Å². The van der Waals surface area contributed by atoms with E-state index < -0.39 is 0 Å². The fourth-order valence-electron chi connectivity index (χ4n) is 3.19. The minimum absolute atomic E-state index is 0.0260. The Morgan fingerprint density at radius 2 is 1.73 bits per heavy atom. The Morgan fingerprint density at radius 1 is 0.846 bits per heavy atom. The van der Waals surface area contributed by atoms with Crippen LogP contribution in [0.3, 0.4) is 0 Å². The molecule has 0 spiro atoms. The maximum Gasteiger partial charge on any atom is 0.159 e. The first kappa shape index (κ1) is 14.5. The molecule has 5 rings (SSSR count). The number of aromatic amines is 2. The molecule has 3 aromatic carbocycles. The molecule has 2 heterocycles. The van der Waals surface area contributed by atoms with Crippen molar-refractivity contribution < 1.29 is 10.2 Å². The minimum atomic E-state index is 0.0260. The molecule has 0 aliphatic rings. The number of para-hydroxylation sites is 2. The standard InChI is InChI=1S/C20H14N4O2/c25-12-6-7-13(18(26)10-12)11-5-8-15-14(9-11)19(24-23-15)20-21-16-3-1-2-4-17(16)22-20/h1-10,25-26H,(H,21,22)(H,23,24). The number of H-pyrrole nitrogens is 2. The molecule has 0 saturated carbocycles. The van der Waals surface area contributed by atoms with Gasteiger partial charge in [0, 0.05) is 17.0 Å². The zero-order valence-electron chi connectivity index (χ0n) is 13.6. The minimum Gasteiger partial charge on any atom is -0.508 e. The molecule has 0 radical (unpaired) electrons. The molecule has 0 amide bonds. The van der Waals surface area contributed by atoms with Crippen molar-refractivity contribution in [1.82, 2.24) is 20.2 Å². The normalized spacial score (nSPS) is 11.4. The van der Waals surface area contributed by atoms with E-state index in [9.17, 15) is 10.2 Å². The number of imidazole rings is 1. The fraction of sp³-hybridized carbons (Fsp3) is 0. The highest BCUT2D eigenvalue weighted by atomic mass is 16.3. The number of rotatable bonds is 2. The van der Waals surface area contributed by atoms with Crippen molar-refractivity contribution in [2.45, 2.75) is 0 Å². The van der Waals surface area contributed by atoms with Crippen LogP contribution in [0.15, 0.2) is 60.7 Å². The van der Waals surface area contributed by atoms with Gasteiger partial charge in [-0.1, -0.05) is 18.2 Å². The van der Waals surface area contributed by atoms with Gasteiger partial charge >= 0.3 is 0 Å². The van der Waals surface area contributed by atoms with Crippen molar-refractivity contribution in [3.63, 3.8) is 0 Å². The van der Waals surface area contributed by atoms with Crippen LogP contribution in [0.2, 0.25) is 0 Å². The molecule has 26 heavy (non-hydrogen) atoms. The highest BCUT2D eigenvalue weighted by molar-refractivity contribution is 5.96. The Morgan fingerprint density at radius 3 is 2.58 bits per heavy atom. The van der Waals surface area contributed by atoms with Crippen LogP contribution < -0.4 is 0 Å². The van der Waals surface area contributed by atoms with Crippen LogP contribution in [0.4, 0.5) is 0 Å². The summed E-state index contributed by atoms with van der Waals surface area (Å²) >= 11 is 0. The summed E-state index contributed by atoms with van der Waals surface area (Å²) in [6.45, 7) is 0. The molecule has 2 aromatic heterocycles. The molecule has 6 nitrogen and oxygen atoms in total. The number of phenols is 2. The maximum atomic E-state index is 10.1. The molecule has 4 N–H and O–H groups in total. The van der Waals surface area contributed by atoms with Gasteiger partial charge in [-0.15, -0.1) is 0 Å². The van der Waals surface area contributed by atoms with Crippen LogP contribution in [0.1, 0.15) is 0 Å². The number of fused-ring (bicyclic) bond motifs is 2. The second-order valence-corrected chi connectivity index (χ2v) is 6.14. The predicted octanol–water partition coefficient (Wildman–Crippen LogP) is 4.18. The van der Waals surface area contributed by atoms with E-state index in [0.29, 0.717) is 11.4 Å². The largest absolute Gasteiger partial charge is 0.508 e. The average Bonchev–Trinajstić information content (AvgIpc) is 3.24. The van der Waals surface area contributed by atoms with Gasteiger partial charge in [0.2, 0.25) is 0 Å². The molecule has 0 fully saturated rings. The Kier molecular flexibility index (Phi) is 2.99. The Balaban J connectivity index is 1.69. The lowest BCUT2D eigenvalue weighted by atomic mass is 10.0. The molecule has 6 heteroatoms. The molecule has 5 aromatic rings. The van der Waals surface area contributed by atoms with Crippen LogP contribution in [0, 0.1) is 0 Å². The van der Waals surface area contributed by atoms with Crippen molar-refractivity contribution in [2.75, 3.05) is 0 Å². The van der Waals surface area contributed by atoms with Crippen LogP contribution in [0.5, 0.6) is 11.5 Å². The molecule has 0 saturated heterocycles. The lowest BCUT2D eigenvalue weighted by Gasteiger charge is -2.05. The number of hydrogen-bond donors (Lipinski definition) is 4. The third-order valence-electron chi connectivity index (χ3n) is 4.47. The van der Waals surface area contributed by atoms with Crippen molar-refractivity contribution in [3.05, 3.63) is 60.7 Å². The lowest BCUT2D eigenvalue weighted by molar-refractivity contribution is 0.452. The zero-order chi connectivity index (χ0) is 17.7. The first-order valence-corrected chi connectivity index (χ1v) is 8.15. The number of nitrogens with zero attached hydrogens (tertiary/aromatic N) is 2. The molecular formula is C20H14N4O2. The van der Waals surface area contributed by atoms with E-state index in [1.807, 2.05) is 42.5 Å². The molecular weight excluding hydrogens is 328 g/mol. The summed E-state index contributed by atoms with van der Waals surface area (Å²) in [5.41, 5.74) is 4.89. The van der Waals surface area contributed by atoms with Gasteiger partial charge in [0.05, 0.1) is 16.6 Å². The summed E-state index contributed by atoms with van der Waals surface area (Å²) in [6, 6.07) is 18.2. The quantitative estimate of drug-likeness (QED) is 0.387. The Labute approximate surface area is 147 Å². The average molecular weight is 342 g/mol. The number of nitrogens with one attached hydrogen (secondary N) is 2. The van der Waals surface area contributed by atoms with Crippen molar-refractivity contribution >= 4 is 21.9 Å². The summed E-state index contributed by atoms with van der Waals surface area (Å²) in [7, 11) is 0. The number of phenolic OH excluding ortho intramolecular Hbond substituents is 2. The van der Waals surface area contributed by atoms with E-state index in [-0.39, 0.29) is 11.5 Å². The fourth-order valence-corrected chi connectivity index (χ4v) is 3.19. The van der Waals surface area contributed by atoms with Crippen LogP contribution in [-0.2, 0) is 0 Å². The summed E-state index contributed by atoms with van der Waals surface area (Å²) < 4.78 is 0. The van der Waals surface area contributed by atoms with Gasteiger partial charge in [-0.2, -0.15) is 5.10 Å². The molecule has 0 atom stereocenters. The van der Waals surface area contributed by atoms with Crippen molar-refractivity contribution in [3.8, 4) is 34.1 Å². The first-order chi connectivity index (χ1) is 12.7. The van der Waals surface area contributed by atoms with E-state index in [0.717, 1.165) is 33.2 Å². The number of benzene rings is 3. The summed E-state index contributed by atoms with van der Waals surface area (Å²) in [5.74, 6) is 0.737. The maximum absolute atomic E-state index is 10.1. The van der Waals surface area contributed by atoms with Crippen LogP contribution in [0.25, 0.3) is 44.6 Å². The highest BCUT2D eigenvalue weighted by Gasteiger charge is 2.14. The number of aromatic hydroxyl groups is 2. The summed E-state index contributed by atoms with van der Waals surface area (Å²) in [5, 5.41) is 28.0. The van der Waals surface area contributed by atoms with Gasteiger partial charge in [-0.05, 0) is 42.0 Å². The predicted molar refractivity (Wildman–Crippen MR) is 99.9 cm³/mol. The third-order valence-corrected chi connectivity index (χ3v) is 4.47. The monoisotopic (exact) mass is 342 g/mol. The molecule has 126 valence electrons. The second kappa shape index (κ2) is 5.35. The Bertz CT molecular complexity index is 1240. The van der Waals surface area contributed by atoms with Gasteiger partial charge < -0.3 is 15.2 Å². The van der Waals surface area contributed by atoms with Gasteiger partial charge in [0.1, 0.15) is 17.2 Å². The molecule has 0 aliphatic carbocycles. The molecule has 0 bridgehead atoms. The van der Waals surface area contributed by atoms with Crippen molar-refractivity contribution in [1.29, 1.82) is 0 Å². The first-order valence-electron chi connectivity index (χ1n) is 8.15. The van der Waals surface area contributed by atoms with Crippen LogP contribution in [-0.4, -0.2) is 30.4 Å². The summed E-state index contributed by atoms with van der Waals surface area (Å²) in [4.78, 5) is 7.91. The van der Waals surface area contributed by atoms with Gasteiger partial charge in [0.25, 0.3) is 0 Å². The van der Waals surface area contributed by atoms with Crippen molar-refractivity contribution in [2.24, 2.45) is 0 Å². The topological polar surface area (TPSA) is 97.8 Å². The second-order valence-electron chi connectivity index (χ2n) is 6.14. The highest BCUT2D eigenvalue weighted by Crippen LogP contribution is 2.35. The van der Waals surface area contributed by atoms with Gasteiger partial charge in [0.15, 0.2) is 5.82 Å². The van der Waals surface area contributed by atoms with Crippen LogP contribution >= 0.6 is 0 Å². The number of hydrogen-bond acceptors (Lipinski definition) is 4. The smallest absolute Gasteiger partial charge is 0.159 e. The van der Waals surface area contributed by atoms with Gasteiger partial charge in [-0.3, -0.25) is 5.10 Å². The zero-order valence-corrected chi connectivity index (χ0v) is 13.6. The lowest BCUT2D eigenvalue weighted by Crippen LogP contribution is -1.83. The van der Waals surface area contributed by atoms with E-state index in [1.165, 1.54) is 6.07 Å². The third kappa shape index (κ3) is 2.20. The molecule has 0 aliphatic heterocycles. The number of aromatic nitrogens is 4. The summed E-state index contributed by atoms with van der Waals surface area (Å²) in [6.07, 6.45) is 0. The SMILES string of the molecule is Oc1ccc(-c2ccc3[nH]nc(-c4nc5ccccc5[nH]4)c3c2)c(O)c1. The van der Waals surface area contributed by atoms with Gasteiger partial charge in [-0.25, -0.2) is 4.98 Å². The van der Waals surface area contributed by atoms with E-state index in [1.54, 1.807) is 12.1 Å². The Hall–Kier alpha value is -3.80. The van der Waals surface area contributed by atoms with E-state index >= 15 is 0 Å². The molecule has 0 unspecified atom stereocenters. The van der Waals surface area contributed by atoms with E-state index in [4.69, 9.17) is 0 Å².